The first-order chi connectivity index (χ1) is 7.06. The average Bonchev–Trinajstić information content (AvgIpc) is 2.27. The molecule has 15 heavy (non-hydrogen) atoms. The number of allylic oxidation sites excluding steroid dienone is 1. The quantitative estimate of drug-likeness (QED) is 0.696. The van der Waals surface area contributed by atoms with Crippen LogP contribution in [0.1, 0.15) is 13.8 Å². The number of ether oxygens (including phenoxy) is 1. The predicted octanol–water partition coefficient (Wildman–Crippen LogP) is 1.54. The minimum Gasteiger partial charge on any atom is -0.453 e. The molecule has 1 amide bonds. The van der Waals surface area contributed by atoms with Gasteiger partial charge in [-0.2, -0.15) is 0 Å². The Bertz CT molecular complexity index is 243. The van der Waals surface area contributed by atoms with E-state index < -0.39 is 0 Å². The molecule has 86 valence electrons. The van der Waals surface area contributed by atoms with Crippen LogP contribution in [-0.4, -0.2) is 49.2 Å². The van der Waals surface area contributed by atoms with Crippen LogP contribution in [0.2, 0.25) is 0 Å². The Kier molecular flexibility index (Phi) is 4.00. The van der Waals surface area contributed by atoms with E-state index in [1.54, 1.807) is 4.90 Å². The highest BCUT2D eigenvalue weighted by atomic mass is 16.5. The highest BCUT2D eigenvalue weighted by Gasteiger charge is 2.22. The summed E-state index contributed by atoms with van der Waals surface area (Å²) in [6, 6.07) is 0. The van der Waals surface area contributed by atoms with Crippen LogP contribution in [-0.2, 0) is 4.74 Å². The number of rotatable bonds is 2. The molecule has 1 aliphatic heterocycles. The summed E-state index contributed by atoms with van der Waals surface area (Å²) in [5, 5.41) is 0. The second-order valence-corrected chi connectivity index (χ2v) is 4.09. The van der Waals surface area contributed by atoms with E-state index in [0.29, 0.717) is 5.92 Å². The average molecular weight is 212 g/mol. The lowest BCUT2D eigenvalue weighted by molar-refractivity contribution is 0.0977. The summed E-state index contributed by atoms with van der Waals surface area (Å²) < 4.78 is 4.68. The highest BCUT2D eigenvalue weighted by Crippen LogP contribution is 2.15. The molecular weight excluding hydrogens is 192 g/mol. The van der Waals surface area contributed by atoms with Gasteiger partial charge in [-0.3, -0.25) is 0 Å². The van der Waals surface area contributed by atoms with Gasteiger partial charge in [-0.25, -0.2) is 4.79 Å². The molecule has 0 aliphatic carbocycles. The maximum atomic E-state index is 11.2. The van der Waals surface area contributed by atoms with Crippen molar-refractivity contribution >= 4 is 6.09 Å². The first-order valence-corrected chi connectivity index (χ1v) is 5.33. The summed E-state index contributed by atoms with van der Waals surface area (Å²) in [6.07, 6.45) is -0.232. The number of hydrogen-bond donors (Lipinski definition) is 0. The minimum absolute atomic E-state index is 0.232. The lowest BCUT2D eigenvalue weighted by atomic mass is 10.1. The highest BCUT2D eigenvalue weighted by molar-refractivity contribution is 5.67. The number of amides is 1. The Labute approximate surface area is 91.5 Å². The van der Waals surface area contributed by atoms with Crippen molar-refractivity contribution in [3.8, 4) is 0 Å². The van der Waals surface area contributed by atoms with Crippen molar-refractivity contribution in [3.05, 3.63) is 12.3 Å². The molecule has 1 fully saturated rings. The normalized spacial score (nSPS) is 16.8. The molecule has 0 saturated carbocycles. The number of carbonyl (C=O) groups excluding carboxylic acids is 1. The number of carbonyl (C=O) groups is 1. The molecule has 0 radical (unpaired) electrons. The zero-order chi connectivity index (χ0) is 11.4. The topological polar surface area (TPSA) is 32.8 Å². The van der Waals surface area contributed by atoms with Crippen LogP contribution in [0.3, 0.4) is 0 Å². The van der Waals surface area contributed by atoms with Crippen molar-refractivity contribution in [2.24, 2.45) is 5.92 Å². The SMILES string of the molecule is C=C(C(C)C)N1CCN(C(=O)OC)CC1. The van der Waals surface area contributed by atoms with Crippen molar-refractivity contribution in [2.75, 3.05) is 33.3 Å². The number of hydrogen-bond acceptors (Lipinski definition) is 3. The molecular formula is C11H20N2O2. The van der Waals surface area contributed by atoms with Gasteiger partial charge in [-0.1, -0.05) is 20.4 Å². The number of nitrogens with zero attached hydrogens (tertiary/aromatic N) is 2. The van der Waals surface area contributed by atoms with Crippen LogP contribution in [0, 0.1) is 5.92 Å². The van der Waals surface area contributed by atoms with Crippen molar-refractivity contribution in [2.45, 2.75) is 13.8 Å². The van der Waals surface area contributed by atoms with Crippen LogP contribution in [0.5, 0.6) is 0 Å². The molecule has 0 atom stereocenters. The summed E-state index contributed by atoms with van der Waals surface area (Å²) in [5.41, 5.74) is 1.15. The van der Waals surface area contributed by atoms with Gasteiger partial charge in [0.15, 0.2) is 0 Å². The molecule has 1 rings (SSSR count). The Hall–Kier alpha value is -1.19. The van der Waals surface area contributed by atoms with Crippen LogP contribution >= 0.6 is 0 Å². The third-order valence-electron chi connectivity index (χ3n) is 2.79. The lowest BCUT2D eigenvalue weighted by Crippen LogP contribution is -2.48. The lowest BCUT2D eigenvalue weighted by Gasteiger charge is -2.37. The van der Waals surface area contributed by atoms with Gasteiger partial charge < -0.3 is 14.5 Å². The molecule has 4 nitrogen and oxygen atoms in total. The maximum Gasteiger partial charge on any atom is 0.409 e. The van der Waals surface area contributed by atoms with Gasteiger partial charge in [-0.15, -0.1) is 0 Å². The zero-order valence-electron chi connectivity index (χ0n) is 9.82. The monoisotopic (exact) mass is 212 g/mol. The summed E-state index contributed by atoms with van der Waals surface area (Å²) in [4.78, 5) is 15.2. The molecule has 1 heterocycles. The Morgan fingerprint density at radius 3 is 2.07 bits per heavy atom. The molecule has 0 aromatic carbocycles. The van der Waals surface area contributed by atoms with Crippen LogP contribution in [0.15, 0.2) is 12.3 Å². The predicted molar refractivity (Wildman–Crippen MR) is 59.5 cm³/mol. The maximum absolute atomic E-state index is 11.2. The first kappa shape index (κ1) is 11.9. The third-order valence-corrected chi connectivity index (χ3v) is 2.79. The number of methoxy groups -OCH3 is 1. The summed E-state index contributed by atoms with van der Waals surface area (Å²) in [5.74, 6) is 0.467. The Morgan fingerprint density at radius 1 is 1.20 bits per heavy atom. The van der Waals surface area contributed by atoms with Gasteiger partial charge in [0.25, 0.3) is 0 Å². The van der Waals surface area contributed by atoms with Crippen molar-refractivity contribution in [1.29, 1.82) is 0 Å². The summed E-state index contributed by atoms with van der Waals surface area (Å²) in [6.45, 7) is 11.5. The summed E-state index contributed by atoms with van der Waals surface area (Å²) >= 11 is 0. The molecule has 0 spiro atoms. The molecule has 0 aromatic rings. The first-order valence-electron chi connectivity index (χ1n) is 5.33. The van der Waals surface area contributed by atoms with Gasteiger partial charge in [0.05, 0.1) is 7.11 Å². The van der Waals surface area contributed by atoms with E-state index in [1.165, 1.54) is 7.11 Å². The van der Waals surface area contributed by atoms with Gasteiger partial charge in [-0.05, 0) is 5.92 Å². The standard InChI is InChI=1S/C11H20N2O2/c1-9(2)10(3)12-5-7-13(8-6-12)11(14)15-4/h9H,3,5-8H2,1-2,4H3. The van der Waals surface area contributed by atoms with Crippen molar-refractivity contribution < 1.29 is 9.53 Å². The van der Waals surface area contributed by atoms with E-state index in [2.05, 4.69) is 30.1 Å². The number of piperazine rings is 1. The van der Waals surface area contributed by atoms with Gasteiger partial charge >= 0.3 is 6.09 Å². The van der Waals surface area contributed by atoms with E-state index in [-0.39, 0.29) is 6.09 Å². The molecule has 0 unspecified atom stereocenters. The molecule has 1 aliphatic rings. The molecule has 0 aromatic heterocycles. The fraction of sp³-hybridized carbons (Fsp3) is 0.727. The second-order valence-electron chi connectivity index (χ2n) is 4.09. The van der Waals surface area contributed by atoms with Crippen LogP contribution in [0.4, 0.5) is 4.79 Å². The third kappa shape index (κ3) is 2.88. The second kappa shape index (κ2) is 5.05. The Morgan fingerprint density at radius 2 is 1.67 bits per heavy atom. The Balaban J connectivity index is 2.42. The largest absolute Gasteiger partial charge is 0.453 e. The van der Waals surface area contributed by atoms with Crippen LogP contribution in [0.25, 0.3) is 0 Å². The fourth-order valence-corrected chi connectivity index (χ4v) is 1.67. The molecule has 1 saturated heterocycles. The van der Waals surface area contributed by atoms with E-state index in [9.17, 15) is 4.79 Å². The van der Waals surface area contributed by atoms with Gasteiger partial charge in [0.2, 0.25) is 0 Å². The van der Waals surface area contributed by atoms with E-state index >= 15 is 0 Å². The van der Waals surface area contributed by atoms with Gasteiger partial charge in [0, 0.05) is 31.9 Å². The van der Waals surface area contributed by atoms with Crippen molar-refractivity contribution in [1.82, 2.24) is 9.80 Å². The van der Waals surface area contributed by atoms with E-state index in [0.717, 1.165) is 31.9 Å². The van der Waals surface area contributed by atoms with Gasteiger partial charge in [0.1, 0.15) is 0 Å². The van der Waals surface area contributed by atoms with E-state index in [1.807, 2.05) is 0 Å². The molecule has 0 bridgehead atoms. The van der Waals surface area contributed by atoms with Crippen LogP contribution < -0.4 is 0 Å². The smallest absolute Gasteiger partial charge is 0.409 e. The van der Waals surface area contributed by atoms with E-state index in [4.69, 9.17) is 0 Å². The zero-order valence-corrected chi connectivity index (χ0v) is 9.82. The summed E-state index contributed by atoms with van der Waals surface area (Å²) in [7, 11) is 1.42. The molecule has 4 heteroatoms. The molecule has 0 N–H and O–H groups in total. The van der Waals surface area contributed by atoms with Crippen molar-refractivity contribution in [3.63, 3.8) is 0 Å². The minimum atomic E-state index is -0.232. The fourth-order valence-electron chi connectivity index (χ4n) is 1.67.